The number of rotatable bonds is 5. The van der Waals surface area contributed by atoms with Gasteiger partial charge in [0.2, 0.25) is 0 Å². The van der Waals surface area contributed by atoms with Gasteiger partial charge < -0.3 is 4.90 Å². The lowest BCUT2D eigenvalue weighted by Crippen LogP contribution is -2.14. The topological polar surface area (TPSA) is 20.3 Å². The molecule has 4 heteroatoms. The minimum absolute atomic E-state index is 0.606. The minimum atomic E-state index is 0.606. The minimum Gasteiger partial charge on any atom is -0.309 e. The third-order valence-electron chi connectivity index (χ3n) is 1.89. The third-order valence-corrected chi connectivity index (χ3v) is 3.20. The van der Waals surface area contributed by atoms with Crippen molar-refractivity contribution in [3.8, 4) is 0 Å². The average molecular weight is 244 g/mol. The molecule has 0 spiro atoms. The molecule has 0 aliphatic carbocycles. The molecule has 1 aromatic carbocycles. The predicted octanol–water partition coefficient (Wildman–Crippen LogP) is 2.81. The Balaban J connectivity index is 2.64. The monoisotopic (exact) mass is 243 g/mol. The van der Waals surface area contributed by atoms with Crippen molar-refractivity contribution in [1.82, 2.24) is 4.90 Å². The van der Waals surface area contributed by atoms with Crippen molar-refractivity contribution in [2.75, 3.05) is 26.4 Å². The molecule has 0 unspecified atom stereocenters. The maximum atomic E-state index is 10.8. The predicted molar refractivity (Wildman–Crippen MR) is 66.1 cm³/mol. The quantitative estimate of drug-likeness (QED) is 0.586. The van der Waals surface area contributed by atoms with Crippen molar-refractivity contribution in [3.63, 3.8) is 0 Å². The van der Waals surface area contributed by atoms with E-state index >= 15 is 0 Å². The van der Waals surface area contributed by atoms with E-state index < -0.39 is 0 Å². The van der Waals surface area contributed by atoms with E-state index in [9.17, 15) is 4.79 Å². The first-order valence-corrected chi connectivity index (χ1v) is 6.02. The lowest BCUT2D eigenvalue weighted by atomic mass is 10.2. The number of hydrogen-bond donors (Lipinski definition) is 0. The molecule has 0 fully saturated rings. The molecule has 0 N–H and O–H groups in total. The summed E-state index contributed by atoms with van der Waals surface area (Å²) >= 11 is 7.48. The van der Waals surface area contributed by atoms with Gasteiger partial charge >= 0.3 is 0 Å². The Bertz CT molecular complexity index is 341. The second-order valence-electron chi connectivity index (χ2n) is 3.45. The zero-order valence-electron chi connectivity index (χ0n) is 8.87. The van der Waals surface area contributed by atoms with Gasteiger partial charge in [-0.3, -0.25) is 4.79 Å². The zero-order valence-corrected chi connectivity index (χ0v) is 10.4. The van der Waals surface area contributed by atoms with E-state index in [2.05, 4.69) is 4.90 Å². The molecule has 0 saturated heterocycles. The van der Waals surface area contributed by atoms with Crippen molar-refractivity contribution in [1.29, 1.82) is 0 Å². The first-order chi connectivity index (χ1) is 7.13. The average Bonchev–Trinajstić information content (AvgIpc) is 2.19. The Morgan fingerprint density at radius 3 is 2.80 bits per heavy atom. The Labute approximate surface area is 99.6 Å². The second-order valence-corrected chi connectivity index (χ2v) is 5.02. The van der Waals surface area contributed by atoms with Crippen LogP contribution in [0.25, 0.3) is 0 Å². The summed E-state index contributed by atoms with van der Waals surface area (Å²) in [5.41, 5.74) is 0.672. The fourth-order valence-electron chi connectivity index (χ4n) is 1.08. The highest BCUT2D eigenvalue weighted by molar-refractivity contribution is 7.99. The molecule has 1 aromatic rings. The molecular weight excluding hydrogens is 230 g/mol. The molecule has 0 aromatic heterocycles. The highest BCUT2D eigenvalue weighted by Crippen LogP contribution is 2.24. The summed E-state index contributed by atoms with van der Waals surface area (Å²) in [5.74, 6) is 0.968. The summed E-state index contributed by atoms with van der Waals surface area (Å²) in [4.78, 5) is 13.9. The molecule has 0 atom stereocenters. The molecule has 0 amide bonds. The summed E-state index contributed by atoms with van der Waals surface area (Å²) in [7, 11) is 4.06. The van der Waals surface area contributed by atoms with Gasteiger partial charge in [0.1, 0.15) is 0 Å². The van der Waals surface area contributed by atoms with Crippen molar-refractivity contribution in [2.24, 2.45) is 0 Å². The van der Waals surface area contributed by atoms with Crippen LogP contribution in [0.2, 0.25) is 5.02 Å². The molecule has 15 heavy (non-hydrogen) atoms. The largest absolute Gasteiger partial charge is 0.309 e. The van der Waals surface area contributed by atoms with Crippen molar-refractivity contribution >= 4 is 29.6 Å². The van der Waals surface area contributed by atoms with Crippen LogP contribution in [-0.2, 0) is 0 Å². The Morgan fingerprint density at radius 2 is 2.20 bits per heavy atom. The van der Waals surface area contributed by atoms with Crippen LogP contribution in [0.15, 0.2) is 23.1 Å². The van der Waals surface area contributed by atoms with E-state index in [0.717, 1.165) is 23.5 Å². The van der Waals surface area contributed by atoms with E-state index in [0.29, 0.717) is 10.6 Å². The van der Waals surface area contributed by atoms with Gasteiger partial charge in [-0.25, -0.2) is 0 Å². The number of thioether (sulfide) groups is 1. The summed E-state index contributed by atoms with van der Waals surface area (Å²) < 4.78 is 0. The number of halogens is 1. The molecule has 0 heterocycles. The molecule has 0 saturated carbocycles. The molecule has 1 rings (SSSR count). The molecule has 0 radical (unpaired) electrons. The van der Waals surface area contributed by atoms with Crippen LogP contribution < -0.4 is 0 Å². The van der Waals surface area contributed by atoms with E-state index in [4.69, 9.17) is 11.6 Å². The van der Waals surface area contributed by atoms with Gasteiger partial charge in [-0.2, -0.15) is 0 Å². The third kappa shape index (κ3) is 4.24. The Hall–Kier alpha value is -0.510. The SMILES string of the molecule is CN(C)CCSc1ccc(Cl)cc1C=O. The van der Waals surface area contributed by atoms with Crippen molar-refractivity contribution in [2.45, 2.75) is 4.90 Å². The maximum absolute atomic E-state index is 10.8. The summed E-state index contributed by atoms with van der Waals surface area (Å²) in [6.07, 6.45) is 0.851. The van der Waals surface area contributed by atoms with Crippen LogP contribution >= 0.6 is 23.4 Å². The summed E-state index contributed by atoms with van der Waals surface area (Å²) in [5, 5.41) is 0.606. The Kier molecular flexibility index (Phi) is 5.15. The molecule has 2 nitrogen and oxygen atoms in total. The van der Waals surface area contributed by atoms with E-state index in [1.165, 1.54) is 0 Å². The van der Waals surface area contributed by atoms with Crippen LogP contribution in [0.4, 0.5) is 0 Å². The van der Waals surface area contributed by atoms with Gasteiger partial charge in [0, 0.05) is 27.8 Å². The number of aldehydes is 1. The molecule has 0 aliphatic heterocycles. The van der Waals surface area contributed by atoms with Crippen LogP contribution in [0.3, 0.4) is 0 Å². The maximum Gasteiger partial charge on any atom is 0.151 e. The van der Waals surface area contributed by atoms with E-state index in [1.807, 2.05) is 26.2 Å². The molecular formula is C11H14ClNOS. The van der Waals surface area contributed by atoms with Crippen molar-refractivity contribution in [3.05, 3.63) is 28.8 Å². The van der Waals surface area contributed by atoms with Gasteiger partial charge in [-0.15, -0.1) is 11.8 Å². The number of hydrogen-bond acceptors (Lipinski definition) is 3. The Morgan fingerprint density at radius 1 is 1.47 bits per heavy atom. The van der Waals surface area contributed by atoms with Crippen LogP contribution in [0, 0.1) is 0 Å². The fourth-order valence-corrected chi connectivity index (χ4v) is 2.38. The normalized spacial score (nSPS) is 10.7. The molecule has 0 aliphatic rings. The number of carbonyl (C=O) groups excluding carboxylic acids is 1. The van der Waals surface area contributed by atoms with Crippen molar-refractivity contribution < 1.29 is 4.79 Å². The first kappa shape index (κ1) is 12.6. The zero-order chi connectivity index (χ0) is 11.3. The second kappa shape index (κ2) is 6.16. The highest BCUT2D eigenvalue weighted by atomic mass is 35.5. The summed E-state index contributed by atoms with van der Waals surface area (Å²) in [6.45, 7) is 0.992. The number of benzene rings is 1. The van der Waals surface area contributed by atoms with E-state index in [-0.39, 0.29) is 0 Å². The van der Waals surface area contributed by atoms with Gasteiger partial charge in [0.25, 0.3) is 0 Å². The van der Waals surface area contributed by atoms with Crippen LogP contribution in [-0.4, -0.2) is 37.6 Å². The lowest BCUT2D eigenvalue weighted by molar-refractivity contribution is 0.112. The van der Waals surface area contributed by atoms with E-state index in [1.54, 1.807) is 17.8 Å². The van der Waals surface area contributed by atoms with Crippen LogP contribution in [0.1, 0.15) is 10.4 Å². The van der Waals surface area contributed by atoms with Gasteiger partial charge in [-0.05, 0) is 32.3 Å². The number of nitrogens with zero attached hydrogens (tertiary/aromatic N) is 1. The summed E-state index contributed by atoms with van der Waals surface area (Å²) in [6, 6.07) is 5.41. The van der Waals surface area contributed by atoms with Crippen LogP contribution in [0.5, 0.6) is 0 Å². The van der Waals surface area contributed by atoms with Gasteiger partial charge in [-0.1, -0.05) is 11.6 Å². The smallest absolute Gasteiger partial charge is 0.151 e. The number of carbonyl (C=O) groups is 1. The van der Waals surface area contributed by atoms with Gasteiger partial charge in [0.15, 0.2) is 6.29 Å². The lowest BCUT2D eigenvalue weighted by Gasteiger charge is -2.09. The first-order valence-electron chi connectivity index (χ1n) is 4.65. The van der Waals surface area contributed by atoms with Gasteiger partial charge in [0.05, 0.1) is 0 Å². The highest BCUT2D eigenvalue weighted by Gasteiger charge is 2.03. The molecule has 82 valence electrons. The standard InChI is InChI=1S/C11H14ClNOS/c1-13(2)5-6-15-11-4-3-10(12)7-9(11)8-14/h3-4,7-8H,5-6H2,1-2H3. The fraction of sp³-hybridized carbons (Fsp3) is 0.364. The molecule has 0 bridgehead atoms.